The minimum Gasteiger partial charge on any atom is -0.349 e. The van der Waals surface area contributed by atoms with E-state index in [4.69, 9.17) is 0 Å². The first-order chi connectivity index (χ1) is 10.3. The number of hydrogen-bond acceptors (Lipinski definition) is 3. The van der Waals surface area contributed by atoms with Crippen molar-refractivity contribution in [1.82, 2.24) is 19.6 Å². The van der Waals surface area contributed by atoms with Gasteiger partial charge in [0, 0.05) is 37.7 Å². The fraction of sp³-hybridized carbons (Fsp3) is 0.500. The summed E-state index contributed by atoms with van der Waals surface area (Å²) in [6.45, 7) is 3.47. The predicted molar refractivity (Wildman–Crippen MR) is 80.2 cm³/mol. The minimum absolute atomic E-state index is 0.0100. The molecular formula is C16H20N4O. The molecule has 3 unspecified atom stereocenters. The smallest absolute Gasteiger partial charge is 0.255 e. The molecule has 2 saturated heterocycles. The van der Waals surface area contributed by atoms with Crippen LogP contribution in [-0.4, -0.2) is 45.9 Å². The Labute approximate surface area is 124 Å². The molecule has 2 aliphatic heterocycles. The fourth-order valence-corrected chi connectivity index (χ4v) is 3.74. The van der Waals surface area contributed by atoms with Crippen molar-refractivity contribution in [3.8, 4) is 0 Å². The van der Waals surface area contributed by atoms with Gasteiger partial charge in [-0.05, 0) is 43.9 Å². The second kappa shape index (κ2) is 5.15. The minimum atomic E-state index is 0.0100. The highest BCUT2D eigenvalue weighted by Gasteiger charge is 2.33. The molecule has 4 rings (SSSR count). The Morgan fingerprint density at radius 3 is 3.19 bits per heavy atom. The van der Waals surface area contributed by atoms with Gasteiger partial charge in [-0.1, -0.05) is 0 Å². The molecule has 5 heteroatoms. The number of imidazole rings is 1. The maximum atomic E-state index is 12.6. The van der Waals surface area contributed by atoms with Crippen molar-refractivity contribution >= 4 is 11.6 Å². The maximum absolute atomic E-state index is 12.6. The van der Waals surface area contributed by atoms with Gasteiger partial charge >= 0.3 is 0 Å². The summed E-state index contributed by atoms with van der Waals surface area (Å²) in [6, 6.07) is 4.06. The van der Waals surface area contributed by atoms with Crippen LogP contribution in [0.3, 0.4) is 0 Å². The summed E-state index contributed by atoms with van der Waals surface area (Å²) in [6.07, 6.45) is 9.06. The summed E-state index contributed by atoms with van der Waals surface area (Å²) >= 11 is 0. The Hall–Kier alpha value is -1.88. The Bertz CT molecular complexity index is 665. The van der Waals surface area contributed by atoms with Crippen molar-refractivity contribution in [2.45, 2.75) is 25.3 Å². The van der Waals surface area contributed by atoms with Crippen LogP contribution < -0.4 is 5.32 Å². The molecule has 2 aromatic rings. The SMILES string of the molecule is O=C(NC1CCN2CCCC1C2)c1cccn2ccnc12. The average Bonchev–Trinajstić information content (AvgIpc) is 2.99. The first-order valence-corrected chi connectivity index (χ1v) is 7.76. The van der Waals surface area contributed by atoms with E-state index in [1.54, 1.807) is 6.20 Å². The van der Waals surface area contributed by atoms with Crippen molar-refractivity contribution in [2.24, 2.45) is 5.92 Å². The standard InChI is InChI=1S/C16H20N4O/c21-16(13-4-2-8-20-10-6-17-15(13)20)18-14-5-9-19-7-1-3-12(14)11-19/h2,4,6,8,10,12,14H,1,3,5,7,9,11H2,(H,18,21). The van der Waals surface area contributed by atoms with E-state index in [1.165, 1.54) is 19.4 Å². The van der Waals surface area contributed by atoms with Gasteiger partial charge in [-0.2, -0.15) is 0 Å². The van der Waals surface area contributed by atoms with E-state index in [1.807, 2.05) is 28.9 Å². The number of nitrogens with zero attached hydrogens (tertiary/aromatic N) is 3. The summed E-state index contributed by atoms with van der Waals surface area (Å²) in [4.78, 5) is 19.4. The van der Waals surface area contributed by atoms with Crippen LogP contribution in [0.25, 0.3) is 5.65 Å². The van der Waals surface area contributed by atoms with Gasteiger partial charge in [0.05, 0.1) is 5.56 Å². The van der Waals surface area contributed by atoms with Crippen molar-refractivity contribution < 1.29 is 4.79 Å². The lowest BCUT2D eigenvalue weighted by Crippen LogP contribution is -2.53. The lowest BCUT2D eigenvalue weighted by atomic mass is 9.85. The van der Waals surface area contributed by atoms with Crippen LogP contribution in [-0.2, 0) is 0 Å². The molecular weight excluding hydrogens is 264 g/mol. The van der Waals surface area contributed by atoms with Gasteiger partial charge in [0.1, 0.15) is 5.65 Å². The van der Waals surface area contributed by atoms with Crippen LogP contribution in [0, 0.1) is 5.92 Å². The number of rotatable bonds is 2. The quantitative estimate of drug-likeness (QED) is 0.910. The number of pyridine rings is 1. The first-order valence-electron chi connectivity index (χ1n) is 7.76. The highest BCUT2D eigenvalue weighted by molar-refractivity contribution is 5.99. The lowest BCUT2D eigenvalue weighted by molar-refractivity contribution is 0.0740. The first kappa shape index (κ1) is 12.8. The zero-order valence-corrected chi connectivity index (χ0v) is 12.0. The summed E-state index contributed by atoms with van der Waals surface area (Å²) < 4.78 is 1.89. The number of hydrogen-bond donors (Lipinski definition) is 1. The molecule has 2 bridgehead atoms. The Balaban J connectivity index is 1.54. The molecule has 0 aliphatic carbocycles. The van der Waals surface area contributed by atoms with E-state index in [-0.39, 0.29) is 5.91 Å². The molecule has 0 aromatic carbocycles. The third-order valence-corrected chi connectivity index (χ3v) is 4.85. The van der Waals surface area contributed by atoms with E-state index in [0.717, 1.165) is 25.2 Å². The molecule has 2 aromatic heterocycles. The second-order valence-corrected chi connectivity index (χ2v) is 6.15. The van der Waals surface area contributed by atoms with Gasteiger partial charge in [0.15, 0.2) is 0 Å². The Kier molecular flexibility index (Phi) is 3.15. The summed E-state index contributed by atoms with van der Waals surface area (Å²) in [5.41, 5.74) is 1.40. The number of carbonyl (C=O) groups excluding carboxylic acids is 1. The summed E-state index contributed by atoms with van der Waals surface area (Å²) in [5.74, 6) is 0.617. The van der Waals surface area contributed by atoms with E-state index >= 15 is 0 Å². The predicted octanol–water partition coefficient (Wildman–Crippen LogP) is 1.55. The van der Waals surface area contributed by atoms with E-state index in [2.05, 4.69) is 15.2 Å². The molecule has 2 aliphatic rings. The van der Waals surface area contributed by atoms with Gasteiger partial charge in [-0.15, -0.1) is 0 Å². The summed E-state index contributed by atoms with van der Waals surface area (Å²) in [5, 5.41) is 3.25. The van der Waals surface area contributed by atoms with Crippen LogP contribution in [0.4, 0.5) is 0 Å². The maximum Gasteiger partial charge on any atom is 0.255 e. The van der Waals surface area contributed by atoms with Crippen LogP contribution in [0.1, 0.15) is 29.6 Å². The van der Waals surface area contributed by atoms with Crippen LogP contribution in [0.5, 0.6) is 0 Å². The topological polar surface area (TPSA) is 49.6 Å². The van der Waals surface area contributed by atoms with Gasteiger partial charge in [-0.25, -0.2) is 4.98 Å². The van der Waals surface area contributed by atoms with Crippen LogP contribution >= 0.6 is 0 Å². The monoisotopic (exact) mass is 284 g/mol. The highest BCUT2D eigenvalue weighted by atomic mass is 16.1. The van der Waals surface area contributed by atoms with Gasteiger partial charge in [0.25, 0.3) is 5.91 Å². The molecule has 5 nitrogen and oxygen atoms in total. The lowest BCUT2D eigenvalue weighted by Gasteiger charge is -2.42. The van der Waals surface area contributed by atoms with Gasteiger partial charge in [0.2, 0.25) is 0 Å². The molecule has 0 saturated carbocycles. The molecule has 1 amide bonds. The van der Waals surface area contributed by atoms with Crippen molar-refractivity contribution in [1.29, 1.82) is 0 Å². The largest absolute Gasteiger partial charge is 0.349 e. The van der Waals surface area contributed by atoms with E-state index in [0.29, 0.717) is 17.5 Å². The Morgan fingerprint density at radius 2 is 2.24 bits per heavy atom. The van der Waals surface area contributed by atoms with Crippen molar-refractivity contribution in [3.63, 3.8) is 0 Å². The zero-order valence-electron chi connectivity index (χ0n) is 12.0. The molecule has 4 heterocycles. The van der Waals surface area contributed by atoms with Gasteiger partial charge < -0.3 is 14.6 Å². The molecule has 1 N–H and O–H groups in total. The van der Waals surface area contributed by atoms with Crippen molar-refractivity contribution in [2.75, 3.05) is 19.6 Å². The third kappa shape index (κ3) is 2.31. The number of fused-ring (bicyclic) bond motifs is 3. The average molecular weight is 284 g/mol. The normalized spacial score (nSPS) is 28.5. The molecule has 2 fully saturated rings. The number of aromatic nitrogens is 2. The number of nitrogens with one attached hydrogen (secondary N) is 1. The van der Waals surface area contributed by atoms with Gasteiger partial charge in [-0.3, -0.25) is 4.79 Å². The number of amides is 1. The van der Waals surface area contributed by atoms with Crippen molar-refractivity contribution in [3.05, 3.63) is 36.3 Å². The Morgan fingerprint density at radius 1 is 1.29 bits per heavy atom. The number of piperidine rings is 2. The third-order valence-electron chi connectivity index (χ3n) is 4.85. The summed E-state index contributed by atoms with van der Waals surface area (Å²) in [7, 11) is 0. The second-order valence-electron chi connectivity index (χ2n) is 6.15. The molecule has 0 spiro atoms. The zero-order chi connectivity index (χ0) is 14.2. The molecule has 21 heavy (non-hydrogen) atoms. The molecule has 3 atom stereocenters. The van der Waals surface area contributed by atoms with E-state index in [9.17, 15) is 4.79 Å². The van der Waals surface area contributed by atoms with E-state index < -0.39 is 0 Å². The van der Waals surface area contributed by atoms with Crippen LogP contribution in [0.15, 0.2) is 30.7 Å². The van der Waals surface area contributed by atoms with Crippen LogP contribution in [0.2, 0.25) is 0 Å². The highest BCUT2D eigenvalue weighted by Crippen LogP contribution is 2.26. The molecule has 110 valence electrons. The fourth-order valence-electron chi connectivity index (χ4n) is 3.74. The molecule has 0 radical (unpaired) electrons. The number of carbonyl (C=O) groups is 1.